The van der Waals surface area contributed by atoms with Crippen LogP contribution in [0.5, 0.6) is 5.75 Å². The fourth-order valence-corrected chi connectivity index (χ4v) is 5.41. The third kappa shape index (κ3) is 4.48. The van der Waals surface area contributed by atoms with Crippen LogP contribution in [0.1, 0.15) is 42.2 Å². The minimum absolute atomic E-state index is 0.245. The van der Waals surface area contributed by atoms with Crippen LogP contribution < -0.4 is 15.0 Å². The maximum absolute atomic E-state index is 14.2. The fraction of sp³-hybridized carbons (Fsp3) is 0.333. The molecule has 1 saturated carbocycles. The lowest BCUT2D eigenvalue weighted by molar-refractivity contribution is 0.234. The van der Waals surface area contributed by atoms with Gasteiger partial charge < -0.3 is 19.5 Å². The number of nitrogens with one attached hydrogen (secondary N) is 1. The zero-order valence-corrected chi connectivity index (χ0v) is 21.5. The third-order valence-corrected chi connectivity index (χ3v) is 7.68. The van der Waals surface area contributed by atoms with Gasteiger partial charge in [-0.15, -0.1) is 10.2 Å². The quantitative estimate of drug-likeness (QED) is 0.339. The van der Waals surface area contributed by atoms with Crippen LogP contribution >= 0.6 is 0 Å². The zero-order valence-electron chi connectivity index (χ0n) is 21.5. The van der Waals surface area contributed by atoms with Gasteiger partial charge in [0.25, 0.3) is 0 Å². The van der Waals surface area contributed by atoms with Crippen LogP contribution in [0.15, 0.2) is 60.9 Å². The lowest BCUT2D eigenvalue weighted by Crippen LogP contribution is -2.27. The van der Waals surface area contributed by atoms with Crippen molar-refractivity contribution in [3.8, 4) is 28.3 Å². The molecular weight excluding hydrogens is 465 g/mol. The van der Waals surface area contributed by atoms with Gasteiger partial charge >= 0.3 is 0 Å². The van der Waals surface area contributed by atoms with Crippen molar-refractivity contribution in [3.63, 3.8) is 0 Å². The Hall–Kier alpha value is -3.71. The molecule has 0 amide bonds. The molecule has 1 fully saturated rings. The summed E-state index contributed by atoms with van der Waals surface area (Å²) in [5, 5.41) is 11.8. The summed E-state index contributed by atoms with van der Waals surface area (Å²) in [5.74, 6) is 2.09. The molecule has 2 aliphatic rings. The van der Waals surface area contributed by atoms with Gasteiger partial charge in [0.15, 0.2) is 12.1 Å². The number of fused-ring (bicyclic) bond motifs is 1. The summed E-state index contributed by atoms with van der Waals surface area (Å²) >= 11 is 0. The number of anilines is 1. The maximum Gasteiger partial charge on any atom is 0.198 e. The number of aryl methyl sites for hydroxylation is 2. The highest BCUT2D eigenvalue weighted by Crippen LogP contribution is 2.46. The Morgan fingerprint density at radius 2 is 1.92 bits per heavy atom. The molecular formula is C30H32FN5O. The van der Waals surface area contributed by atoms with Crippen LogP contribution in [-0.2, 0) is 13.6 Å². The number of rotatable bonds is 7. The monoisotopic (exact) mass is 497 g/mol. The highest BCUT2D eigenvalue weighted by molar-refractivity contribution is 5.81. The summed E-state index contributed by atoms with van der Waals surface area (Å²) in [4.78, 5) is 2.20. The smallest absolute Gasteiger partial charge is 0.198 e. The number of ether oxygens (including phenoxy) is 1. The van der Waals surface area contributed by atoms with E-state index >= 15 is 0 Å². The van der Waals surface area contributed by atoms with Gasteiger partial charge in [0.2, 0.25) is 0 Å². The van der Waals surface area contributed by atoms with Crippen molar-refractivity contribution in [3.05, 3.63) is 83.4 Å². The van der Waals surface area contributed by atoms with Gasteiger partial charge in [-0.3, -0.25) is 0 Å². The van der Waals surface area contributed by atoms with E-state index in [1.165, 1.54) is 37.0 Å². The summed E-state index contributed by atoms with van der Waals surface area (Å²) in [6.07, 6.45) is 5.46. The summed E-state index contributed by atoms with van der Waals surface area (Å²) in [7, 11) is 3.94. The van der Waals surface area contributed by atoms with Crippen LogP contribution in [-0.4, -0.2) is 28.4 Å². The van der Waals surface area contributed by atoms with Crippen molar-refractivity contribution >= 4 is 5.69 Å². The second-order valence-electron chi connectivity index (χ2n) is 10.4. The maximum atomic E-state index is 14.2. The van der Waals surface area contributed by atoms with Crippen molar-refractivity contribution in [1.82, 2.24) is 20.1 Å². The summed E-state index contributed by atoms with van der Waals surface area (Å²) < 4.78 is 22.5. The van der Waals surface area contributed by atoms with Crippen LogP contribution in [0, 0.1) is 18.7 Å². The van der Waals surface area contributed by atoms with Crippen molar-refractivity contribution in [2.24, 2.45) is 13.0 Å². The van der Waals surface area contributed by atoms with Crippen molar-refractivity contribution in [2.45, 2.75) is 39.0 Å². The van der Waals surface area contributed by atoms with Crippen LogP contribution in [0.2, 0.25) is 0 Å². The lowest BCUT2D eigenvalue weighted by atomic mass is 9.85. The van der Waals surface area contributed by atoms with E-state index in [2.05, 4.69) is 58.7 Å². The Labute approximate surface area is 217 Å². The van der Waals surface area contributed by atoms with Gasteiger partial charge in [0.1, 0.15) is 17.9 Å². The van der Waals surface area contributed by atoms with Crippen LogP contribution in [0.25, 0.3) is 22.5 Å². The molecule has 6 nitrogen and oxygen atoms in total. The third-order valence-electron chi connectivity index (χ3n) is 7.68. The first-order valence-corrected chi connectivity index (χ1v) is 13.0. The number of hydrogen-bond acceptors (Lipinski definition) is 5. The van der Waals surface area contributed by atoms with E-state index < -0.39 is 0 Å². The molecule has 4 aromatic rings. The molecule has 190 valence electrons. The second-order valence-corrected chi connectivity index (χ2v) is 10.4. The Balaban J connectivity index is 1.28. The first-order valence-electron chi connectivity index (χ1n) is 13.0. The van der Waals surface area contributed by atoms with E-state index in [0.29, 0.717) is 11.4 Å². The normalized spacial score (nSPS) is 17.0. The van der Waals surface area contributed by atoms with Crippen LogP contribution in [0.3, 0.4) is 0 Å². The highest BCUT2D eigenvalue weighted by Gasteiger charge is 2.31. The van der Waals surface area contributed by atoms with Gasteiger partial charge in [-0.1, -0.05) is 36.8 Å². The molecule has 1 aromatic heterocycles. The van der Waals surface area contributed by atoms with Gasteiger partial charge in [-0.2, -0.15) is 0 Å². The number of aromatic nitrogens is 3. The molecule has 1 N–H and O–H groups in total. The Morgan fingerprint density at radius 3 is 2.68 bits per heavy atom. The Morgan fingerprint density at radius 1 is 1.05 bits per heavy atom. The van der Waals surface area contributed by atoms with E-state index in [4.69, 9.17) is 4.74 Å². The summed E-state index contributed by atoms with van der Waals surface area (Å²) in [6.45, 7) is 4.08. The molecule has 0 radical (unpaired) electrons. The van der Waals surface area contributed by atoms with Gasteiger partial charge in [-0.05, 0) is 78.7 Å². The van der Waals surface area contributed by atoms with E-state index in [9.17, 15) is 4.39 Å². The Bertz CT molecular complexity index is 1440. The van der Waals surface area contributed by atoms with Gasteiger partial charge in [0.05, 0.1) is 5.69 Å². The minimum Gasteiger partial charge on any atom is -0.464 e. The van der Waals surface area contributed by atoms with E-state index in [1.54, 1.807) is 17.0 Å². The van der Waals surface area contributed by atoms with E-state index in [0.717, 1.165) is 52.7 Å². The number of hydrogen-bond donors (Lipinski definition) is 1. The number of benzene rings is 3. The number of halogens is 1. The number of nitrogens with zero attached hydrogens (tertiary/aromatic N) is 4. The van der Waals surface area contributed by atoms with Gasteiger partial charge in [0, 0.05) is 31.8 Å². The molecule has 0 spiro atoms. The standard InChI is InChI=1S/C30H32FN5O/c1-19-12-21(17-32-16-20-6-4-7-20)13-27-28(19)37-30(36(27)3)23-9-5-8-22(14-23)25-11-10-24(31)15-26(25)29-34-33-18-35(29)2/h5,8-15,18,20,30,32H,4,6-7,16-17H2,1-3H3. The second kappa shape index (κ2) is 9.63. The van der Waals surface area contributed by atoms with Crippen molar-refractivity contribution < 1.29 is 9.13 Å². The first-order chi connectivity index (χ1) is 18.0. The predicted molar refractivity (Wildman–Crippen MR) is 144 cm³/mol. The summed E-state index contributed by atoms with van der Waals surface area (Å²) in [6, 6.07) is 17.5. The first kappa shape index (κ1) is 23.7. The lowest BCUT2D eigenvalue weighted by Gasteiger charge is -2.25. The zero-order chi connectivity index (χ0) is 25.5. The molecule has 6 rings (SSSR count). The Kier molecular flexibility index (Phi) is 6.16. The average molecular weight is 498 g/mol. The molecule has 2 heterocycles. The highest BCUT2D eigenvalue weighted by atomic mass is 19.1. The van der Waals surface area contributed by atoms with Crippen molar-refractivity contribution in [1.29, 1.82) is 0 Å². The van der Waals surface area contributed by atoms with E-state index in [-0.39, 0.29) is 12.0 Å². The SMILES string of the molecule is Cc1cc(CNCC2CCC2)cc2c1OC(c1cccc(-c3ccc(F)cc3-c3nncn3C)c1)N2C. The topological polar surface area (TPSA) is 55.2 Å². The summed E-state index contributed by atoms with van der Waals surface area (Å²) in [5.41, 5.74) is 7.14. The minimum atomic E-state index is -0.305. The largest absolute Gasteiger partial charge is 0.464 e. The molecule has 37 heavy (non-hydrogen) atoms. The van der Waals surface area contributed by atoms with Crippen molar-refractivity contribution in [2.75, 3.05) is 18.5 Å². The predicted octanol–water partition coefficient (Wildman–Crippen LogP) is 6.01. The molecule has 3 aromatic carbocycles. The molecule has 0 saturated heterocycles. The molecule has 1 atom stereocenters. The molecule has 7 heteroatoms. The fourth-order valence-electron chi connectivity index (χ4n) is 5.41. The van der Waals surface area contributed by atoms with E-state index in [1.807, 2.05) is 19.2 Å². The average Bonchev–Trinajstić information content (AvgIpc) is 3.44. The molecule has 1 aliphatic carbocycles. The molecule has 0 bridgehead atoms. The van der Waals surface area contributed by atoms with Crippen LogP contribution in [0.4, 0.5) is 10.1 Å². The van der Waals surface area contributed by atoms with Gasteiger partial charge in [-0.25, -0.2) is 4.39 Å². The molecule has 1 aliphatic heterocycles. The molecule has 1 unspecified atom stereocenters.